The van der Waals surface area contributed by atoms with Gasteiger partial charge in [0.2, 0.25) is 5.91 Å². The van der Waals surface area contributed by atoms with Gasteiger partial charge in [0.15, 0.2) is 0 Å². The van der Waals surface area contributed by atoms with Gasteiger partial charge in [-0.25, -0.2) is 0 Å². The topological polar surface area (TPSA) is 23.6 Å². The molecule has 0 saturated carbocycles. The molecule has 2 aromatic rings. The zero-order chi connectivity index (χ0) is 15.2. The number of carbonyl (C=O) groups is 1. The molecule has 0 aliphatic carbocycles. The third-order valence-electron chi connectivity index (χ3n) is 5.24. The van der Waals surface area contributed by atoms with Crippen molar-refractivity contribution in [1.29, 1.82) is 0 Å². The van der Waals surface area contributed by atoms with Crippen LogP contribution in [-0.2, 0) is 11.3 Å². The van der Waals surface area contributed by atoms with Crippen LogP contribution >= 0.6 is 11.3 Å². The van der Waals surface area contributed by atoms with Gasteiger partial charge >= 0.3 is 0 Å². The normalized spacial score (nSPS) is 26.4. The summed E-state index contributed by atoms with van der Waals surface area (Å²) in [6, 6.07) is 10.9. The van der Waals surface area contributed by atoms with Crippen LogP contribution in [0.25, 0.3) is 10.1 Å². The highest BCUT2D eigenvalue weighted by Crippen LogP contribution is 2.40. The second kappa shape index (κ2) is 5.36. The lowest BCUT2D eigenvalue weighted by Gasteiger charge is -2.37. The Bertz CT molecular complexity index is 677. The standard InChI is InChI=1S/C18H22N2OS/c1-19-9-4-7-18(17(19)21)8-10-20(13-18)12-15-11-14-5-2-3-6-16(14)22-15/h2-3,5-6,11H,4,7-10,12-13H2,1H3. The minimum Gasteiger partial charge on any atom is -0.345 e. The zero-order valence-electron chi connectivity index (χ0n) is 13.0. The number of fused-ring (bicyclic) bond motifs is 1. The van der Waals surface area contributed by atoms with Crippen molar-refractivity contribution in [3.63, 3.8) is 0 Å². The summed E-state index contributed by atoms with van der Waals surface area (Å²) in [7, 11) is 1.96. The van der Waals surface area contributed by atoms with Crippen LogP contribution in [0.5, 0.6) is 0 Å². The van der Waals surface area contributed by atoms with E-state index < -0.39 is 0 Å². The minimum absolute atomic E-state index is 0.0936. The molecule has 0 N–H and O–H groups in total. The Balaban J connectivity index is 1.50. The van der Waals surface area contributed by atoms with Gasteiger partial charge in [-0.15, -0.1) is 11.3 Å². The summed E-state index contributed by atoms with van der Waals surface area (Å²) in [5.74, 6) is 0.373. The van der Waals surface area contributed by atoms with Crippen molar-refractivity contribution in [3.8, 4) is 0 Å². The molecule has 0 bridgehead atoms. The first kappa shape index (κ1) is 14.2. The molecule has 4 heteroatoms. The number of hydrogen-bond acceptors (Lipinski definition) is 3. The summed E-state index contributed by atoms with van der Waals surface area (Å²) < 4.78 is 1.36. The molecule has 1 amide bonds. The van der Waals surface area contributed by atoms with Gasteiger partial charge in [0, 0.05) is 36.3 Å². The summed E-state index contributed by atoms with van der Waals surface area (Å²) >= 11 is 1.88. The summed E-state index contributed by atoms with van der Waals surface area (Å²) in [6.45, 7) is 3.90. The molecule has 1 aromatic heterocycles. The number of piperidine rings is 1. The lowest BCUT2D eigenvalue weighted by Crippen LogP contribution is -2.48. The Kier molecular flexibility index (Phi) is 3.46. The Hall–Kier alpha value is -1.39. The fraction of sp³-hybridized carbons (Fsp3) is 0.500. The predicted octanol–water partition coefficient (Wildman–Crippen LogP) is 3.35. The van der Waals surface area contributed by atoms with Gasteiger partial charge in [-0.2, -0.15) is 0 Å². The molecule has 2 fully saturated rings. The van der Waals surface area contributed by atoms with Gasteiger partial charge in [-0.1, -0.05) is 18.2 Å². The summed E-state index contributed by atoms with van der Waals surface area (Å²) in [4.78, 5) is 18.4. The number of amides is 1. The maximum absolute atomic E-state index is 12.6. The lowest BCUT2D eigenvalue weighted by molar-refractivity contribution is -0.143. The van der Waals surface area contributed by atoms with E-state index in [4.69, 9.17) is 0 Å². The van der Waals surface area contributed by atoms with Crippen LogP contribution < -0.4 is 0 Å². The zero-order valence-corrected chi connectivity index (χ0v) is 13.9. The molecule has 22 heavy (non-hydrogen) atoms. The molecule has 1 aromatic carbocycles. The number of benzene rings is 1. The first-order valence-electron chi connectivity index (χ1n) is 8.12. The molecular formula is C18H22N2OS. The number of rotatable bonds is 2. The number of likely N-dealkylation sites (tertiary alicyclic amines) is 2. The van der Waals surface area contributed by atoms with E-state index in [2.05, 4.69) is 35.2 Å². The van der Waals surface area contributed by atoms with E-state index in [0.29, 0.717) is 5.91 Å². The fourth-order valence-corrected chi connectivity index (χ4v) is 5.18. The van der Waals surface area contributed by atoms with Crippen molar-refractivity contribution in [2.24, 2.45) is 5.41 Å². The summed E-state index contributed by atoms with van der Waals surface area (Å²) in [5, 5.41) is 1.34. The van der Waals surface area contributed by atoms with Gasteiger partial charge < -0.3 is 4.90 Å². The second-order valence-electron chi connectivity index (χ2n) is 6.82. The van der Waals surface area contributed by atoms with Crippen LogP contribution in [-0.4, -0.2) is 42.4 Å². The van der Waals surface area contributed by atoms with Crippen LogP contribution in [0.2, 0.25) is 0 Å². The maximum Gasteiger partial charge on any atom is 0.229 e. The fourth-order valence-electron chi connectivity index (χ4n) is 4.07. The smallest absolute Gasteiger partial charge is 0.229 e. The highest BCUT2D eigenvalue weighted by atomic mass is 32.1. The van der Waals surface area contributed by atoms with Crippen LogP contribution in [0.3, 0.4) is 0 Å². The molecule has 1 unspecified atom stereocenters. The Labute approximate surface area is 135 Å². The molecule has 116 valence electrons. The molecule has 1 spiro atoms. The van der Waals surface area contributed by atoms with Crippen molar-refractivity contribution in [3.05, 3.63) is 35.2 Å². The maximum atomic E-state index is 12.6. The van der Waals surface area contributed by atoms with E-state index in [0.717, 1.165) is 45.4 Å². The number of nitrogens with zero attached hydrogens (tertiary/aromatic N) is 2. The molecule has 3 heterocycles. The van der Waals surface area contributed by atoms with Gasteiger partial charge in [0.25, 0.3) is 0 Å². The van der Waals surface area contributed by atoms with E-state index >= 15 is 0 Å². The van der Waals surface area contributed by atoms with Gasteiger partial charge in [-0.3, -0.25) is 9.69 Å². The highest BCUT2D eigenvalue weighted by Gasteiger charge is 2.47. The van der Waals surface area contributed by atoms with Crippen molar-refractivity contribution in [2.45, 2.75) is 25.8 Å². The van der Waals surface area contributed by atoms with E-state index in [9.17, 15) is 4.79 Å². The SMILES string of the molecule is CN1CCCC2(CCN(Cc3cc4ccccc4s3)C2)C1=O. The Morgan fingerprint density at radius 2 is 2.09 bits per heavy atom. The molecule has 3 nitrogen and oxygen atoms in total. The molecule has 0 radical (unpaired) electrons. The van der Waals surface area contributed by atoms with E-state index in [1.54, 1.807) is 0 Å². The van der Waals surface area contributed by atoms with Crippen LogP contribution in [0.4, 0.5) is 0 Å². The number of hydrogen-bond donors (Lipinski definition) is 0. The summed E-state index contributed by atoms with van der Waals surface area (Å²) in [5.41, 5.74) is -0.0936. The van der Waals surface area contributed by atoms with Gasteiger partial charge in [0.05, 0.1) is 5.41 Å². The lowest BCUT2D eigenvalue weighted by atomic mass is 9.78. The molecule has 2 aliphatic rings. The van der Waals surface area contributed by atoms with Crippen molar-refractivity contribution in [2.75, 3.05) is 26.7 Å². The predicted molar refractivity (Wildman–Crippen MR) is 91.0 cm³/mol. The van der Waals surface area contributed by atoms with Crippen LogP contribution in [0, 0.1) is 5.41 Å². The number of carbonyl (C=O) groups excluding carboxylic acids is 1. The Morgan fingerprint density at radius 3 is 2.95 bits per heavy atom. The van der Waals surface area contributed by atoms with Crippen molar-refractivity contribution >= 4 is 27.3 Å². The number of thiophene rings is 1. The molecule has 1 atom stereocenters. The highest BCUT2D eigenvalue weighted by molar-refractivity contribution is 7.19. The molecule has 4 rings (SSSR count). The van der Waals surface area contributed by atoms with Gasteiger partial charge in [0.1, 0.15) is 0 Å². The largest absolute Gasteiger partial charge is 0.345 e. The van der Waals surface area contributed by atoms with Gasteiger partial charge in [-0.05, 0) is 43.3 Å². The first-order chi connectivity index (χ1) is 10.7. The third-order valence-corrected chi connectivity index (χ3v) is 6.34. The van der Waals surface area contributed by atoms with E-state index in [1.807, 2.05) is 23.3 Å². The second-order valence-corrected chi connectivity index (χ2v) is 7.99. The molecular weight excluding hydrogens is 292 g/mol. The average molecular weight is 314 g/mol. The monoisotopic (exact) mass is 314 g/mol. The van der Waals surface area contributed by atoms with Crippen LogP contribution in [0.15, 0.2) is 30.3 Å². The molecule has 2 aliphatic heterocycles. The minimum atomic E-state index is -0.0936. The van der Waals surface area contributed by atoms with E-state index in [1.165, 1.54) is 15.0 Å². The van der Waals surface area contributed by atoms with Crippen LogP contribution in [0.1, 0.15) is 24.1 Å². The summed E-state index contributed by atoms with van der Waals surface area (Å²) in [6.07, 6.45) is 3.25. The first-order valence-corrected chi connectivity index (χ1v) is 8.93. The third kappa shape index (κ3) is 2.34. The molecule has 2 saturated heterocycles. The average Bonchev–Trinajstić information content (AvgIpc) is 3.09. The van der Waals surface area contributed by atoms with Crippen molar-refractivity contribution in [1.82, 2.24) is 9.80 Å². The van der Waals surface area contributed by atoms with Crippen molar-refractivity contribution < 1.29 is 4.79 Å². The quantitative estimate of drug-likeness (QED) is 0.849. The Morgan fingerprint density at radius 1 is 1.23 bits per heavy atom. The van der Waals surface area contributed by atoms with E-state index in [-0.39, 0.29) is 5.41 Å².